The molecule has 28 heavy (non-hydrogen) atoms. The fraction of sp³-hybridized carbons (Fsp3) is 0.300. The summed E-state index contributed by atoms with van der Waals surface area (Å²) in [5.74, 6) is 0.765. The van der Waals surface area contributed by atoms with Crippen molar-refractivity contribution < 1.29 is 22.6 Å². The summed E-state index contributed by atoms with van der Waals surface area (Å²) in [5, 5.41) is 2.98. The molecule has 0 saturated carbocycles. The van der Waals surface area contributed by atoms with E-state index in [4.69, 9.17) is 13.6 Å². The number of hydrogen-bond donors (Lipinski definition) is 1. The van der Waals surface area contributed by atoms with Crippen LogP contribution in [0.3, 0.4) is 0 Å². The third kappa shape index (κ3) is 4.23. The van der Waals surface area contributed by atoms with Gasteiger partial charge in [-0.25, -0.2) is 4.98 Å². The minimum Gasteiger partial charge on any atom is -0.461 e. The molecule has 3 aromatic rings. The minimum absolute atomic E-state index is 0.145. The first-order valence-electron chi connectivity index (χ1n) is 9.03. The van der Waals surface area contributed by atoms with Gasteiger partial charge >= 0.3 is 0 Å². The summed E-state index contributed by atoms with van der Waals surface area (Å²) in [7, 11) is -0.964. The van der Waals surface area contributed by atoms with Crippen LogP contribution in [0.15, 0.2) is 57.9 Å². The molecule has 1 saturated heterocycles. The second kappa shape index (κ2) is 8.53. The number of furan rings is 1. The number of nitrogens with zero attached hydrogens (tertiary/aromatic N) is 1. The van der Waals surface area contributed by atoms with E-state index in [9.17, 15) is 9.00 Å². The van der Waals surface area contributed by atoms with Gasteiger partial charge in [0.1, 0.15) is 0 Å². The van der Waals surface area contributed by atoms with Crippen LogP contribution in [-0.2, 0) is 21.3 Å². The number of hydrogen-bond acceptors (Lipinski definition) is 6. The van der Waals surface area contributed by atoms with Crippen LogP contribution in [0.4, 0.5) is 5.69 Å². The van der Waals surface area contributed by atoms with E-state index in [0.29, 0.717) is 30.4 Å². The molecule has 146 valence electrons. The van der Waals surface area contributed by atoms with Crippen LogP contribution in [0.25, 0.3) is 11.5 Å². The van der Waals surface area contributed by atoms with E-state index in [1.165, 1.54) is 12.7 Å². The number of carbonyl (C=O) groups excluding carboxylic acids is 1. The Labute approximate surface area is 164 Å². The Kier molecular flexibility index (Phi) is 5.68. The van der Waals surface area contributed by atoms with E-state index in [1.54, 1.807) is 18.2 Å². The summed E-state index contributed by atoms with van der Waals surface area (Å²) in [6.07, 6.45) is 4.36. The van der Waals surface area contributed by atoms with Crippen LogP contribution in [0.2, 0.25) is 0 Å². The molecular formula is C20H20N2O5S. The Hall–Kier alpha value is -2.71. The maximum atomic E-state index is 12.6. The highest BCUT2D eigenvalue weighted by atomic mass is 32.2. The molecule has 0 bridgehead atoms. The summed E-state index contributed by atoms with van der Waals surface area (Å²) in [6.45, 7) is 1.34. The van der Waals surface area contributed by atoms with Gasteiger partial charge in [-0.2, -0.15) is 0 Å². The number of rotatable bonds is 6. The van der Waals surface area contributed by atoms with Gasteiger partial charge in [0.25, 0.3) is 5.91 Å². The average molecular weight is 400 g/mol. The highest BCUT2D eigenvalue weighted by Gasteiger charge is 2.22. The van der Waals surface area contributed by atoms with Gasteiger partial charge in [-0.1, -0.05) is 12.1 Å². The standard InChI is InChI=1S/C20H20N2O5S/c23-20(18-19(27-13-21-18)17-5-2-8-26-17)22-15-4-1-3-14(11-15)12-28(24)16-6-9-25-10-7-16/h1-5,8,11,13,16H,6-7,9-10,12H2,(H,22,23). The van der Waals surface area contributed by atoms with Gasteiger partial charge in [0.15, 0.2) is 17.8 Å². The number of benzene rings is 1. The Morgan fingerprint density at radius 2 is 2.04 bits per heavy atom. The first kappa shape index (κ1) is 18.6. The molecule has 1 amide bonds. The van der Waals surface area contributed by atoms with Crippen LogP contribution in [0.5, 0.6) is 0 Å². The summed E-state index contributed by atoms with van der Waals surface area (Å²) in [4.78, 5) is 16.6. The van der Waals surface area contributed by atoms with Crippen LogP contribution >= 0.6 is 0 Å². The van der Waals surface area contributed by atoms with Crippen molar-refractivity contribution in [3.63, 3.8) is 0 Å². The molecule has 1 aliphatic rings. The number of aromatic nitrogens is 1. The molecule has 1 N–H and O–H groups in total. The molecule has 0 spiro atoms. The zero-order valence-electron chi connectivity index (χ0n) is 15.1. The van der Waals surface area contributed by atoms with Crippen molar-refractivity contribution in [3.05, 3.63) is 60.3 Å². The molecule has 1 aromatic carbocycles. The number of carbonyl (C=O) groups is 1. The van der Waals surface area contributed by atoms with Crippen LogP contribution in [0.1, 0.15) is 28.9 Å². The van der Waals surface area contributed by atoms with Gasteiger partial charge in [0, 0.05) is 40.7 Å². The van der Waals surface area contributed by atoms with E-state index >= 15 is 0 Å². The number of nitrogens with one attached hydrogen (secondary N) is 1. The first-order valence-corrected chi connectivity index (χ1v) is 10.4. The maximum absolute atomic E-state index is 12.6. The van der Waals surface area contributed by atoms with Gasteiger partial charge in [0.2, 0.25) is 5.76 Å². The summed E-state index contributed by atoms with van der Waals surface area (Å²) >= 11 is 0. The lowest BCUT2D eigenvalue weighted by atomic mass is 10.2. The quantitative estimate of drug-likeness (QED) is 0.679. The third-order valence-electron chi connectivity index (χ3n) is 4.56. The van der Waals surface area contributed by atoms with E-state index in [1.807, 2.05) is 18.2 Å². The van der Waals surface area contributed by atoms with Crippen LogP contribution in [-0.4, -0.2) is 33.6 Å². The monoisotopic (exact) mass is 400 g/mol. The van der Waals surface area contributed by atoms with Crippen molar-refractivity contribution in [1.82, 2.24) is 4.98 Å². The highest BCUT2D eigenvalue weighted by molar-refractivity contribution is 7.84. The molecule has 7 nitrogen and oxygen atoms in total. The Balaban J connectivity index is 1.44. The van der Waals surface area contributed by atoms with E-state index in [2.05, 4.69) is 10.3 Å². The van der Waals surface area contributed by atoms with Gasteiger partial charge in [-0.3, -0.25) is 9.00 Å². The van der Waals surface area contributed by atoms with Gasteiger partial charge in [-0.05, 0) is 42.7 Å². The van der Waals surface area contributed by atoms with Gasteiger partial charge in [0.05, 0.1) is 6.26 Å². The van der Waals surface area contributed by atoms with Crippen molar-refractivity contribution in [2.75, 3.05) is 18.5 Å². The number of amides is 1. The van der Waals surface area contributed by atoms with E-state index in [0.717, 1.165) is 18.4 Å². The largest absolute Gasteiger partial charge is 0.461 e. The number of oxazole rings is 1. The SMILES string of the molecule is O=C(Nc1cccc(CS(=O)C2CCOCC2)c1)c1ncoc1-c1ccco1. The summed E-state index contributed by atoms with van der Waals surface area (Å²) in [6, 6.07) is 10.8. The van der Waals surface area contributed by atoms with Gasteiger partial charge in [-0.15, -0.1) is 0 Å². The third-order valence-corrected chi connectivity index (χ3v) is 6.39. The van der Waals surface area contributed by atoms with Crippen molar-refractivity contribution in [3.8, 4) is 11.5 Å². The average Bonchev–Trinajstić information content (AvgIpc) is 3.40. The summed E-state index contributed by atoms with van der Waals surface area (Å²) in [5.41, 5.74) is 1.67. The lowest BCUT2D eigenvalue weighted by Gasteiger charge is -2.21. The van der Waals surface area contributed by atoms with Crippen molar-refractivity contribution in [2.24, 2.45) is 0 Å². The molecule has 2 aromatic heterocycles. The van der Waals surface area contributed by atoms with E-state index in [-0.39, 0.29) is 16.7 Å². The molecule has 1 atom stereocenters. The Bertz CT molecular complexity index is 961. The lowest BCUT2D eigenvalue weighted by molar-refractivity contribution is 0.0991. The van der Waals surface area contributed by atoms with Crippen LogP contribution in [0, 0.1) is 0 Å². The molecule has 1 fully saturated rings. The van der Waals surface area contributed by atoms with Crippen molar-refractivity contribution >= 4 is 22.4 Å². The fourth-order valence-electron chi connectivity index (χ4n) is 3.14. The summed E-state index contributed by atoms with van der Waals surface area (Å²) < 4.78 is 28.5. The molecular weight excluding hydrogens is 380 g/mol. The molecule has 4 rings (SSSR count). The molecule has 1 aliphatic heterocycles. The van der Waals surface area contributed by atoms with E-state index < -0.39 is 16.7 Å². The predicted molar refractivity (Wildman–Crippen MR) is 104 cm³/mol. The molecule has 3 heterocycles. The molecule has 8 heteroatoms. The zero-order chi connectivity index (χ0) is 19.3. The maximum Gasteiger partial charge on any atom is 0.278 e. The Morgan fingerprint density at radius 3 is 2.82 bits per heavy atom. The molecule has 1 unspecified atom stereocenters. The smallest absolute Gasteiger partial charge is 0.278 e. The second-order valence-electron chi connectivity index (χ2n) is 6.50. The topological polar surface area (TPSA) is 94.6 Å². The Morgan fingerprint density at radius 1 is 1.18 bits per heavy atom. The number of ether oxygens (including phenoxy) is 1. The zero-order valence-corrected chi connectivity index (χ0v) is 15.9. The second-order valence-corrected chi connectivity index (χ2v) is 8.22. The predicted octanol–water partition coefficient (Wildman–Crippen LogP) is 3.61. The molecule has 0 aliphatic carbocycles. The van der Waals surface area contributed by atoms with Gasteiger partial charge < -0.3 is 18.9 Å². The molecule has 0 radical (unpaired) electrons. The minimum atomic E-state index is -0.964. The normalized spacial score (nSPS) is 16.0. The highest BCUT2D eigenvalue weighted by Crippen LogP contribution is 2.25. The van der Waals surface area contributed by atoms with Crippen molar-refractivity contribution in [1.29, 1.82) is 0 Å². The van der Waals surface area contributed by atoms with Crippen molar-refractivity contribution in [2.45, 2.75) is 23.8 Å². The fourth-order valence-corrected chi connectivity index (χ4v) is 4.60. The lowest BCUT2D eigenvalue weighted by Crippen LogP contribution is -2.25. The first-order chi connectivity index (χ1) is 13.7. The number of anilines is 1. The van der Waals surface area contributed by atoms with Crippen LogP contribution < -0.4 is 5.32 Å².